The highest BCUT2D eigenvalue weighted by atomic mass is 32.2. The number of benzene rings is 1. The molecule has 10 heteroatoms. The smallest absolute Gasteiger partial charge is 0.339 e. The number of carbonyl (C=O) groups excluding carboxylic acids is 4. The molecule has 1 aromatic rings. The van der Waals surface area contributed by atoms with Gasteiger partial charge in [0.1, 0.15) is 11.6 Å². The Morgan fingerprint density at radius 2 is 1.92 bits per heavy atom. The highest BCUT2D eigenvalue weighted by Crippen LogP contribution is 2.17. The minimum atomic E-state index is -1.22. The number of carbonyl (C=O) groups is 4. The topological polar surface area (TPSA) is 92.8 Å². The zero-order chi connectivity index (χ0) is 18.6. The summed E-state index contributed by atoms with van der Waals surface area (Å²) < 4.78 is 31.0. The highest BCUT2D eigenvalue weighted by molar-refractivity contribution is 8.14. The highest BCUT2D eigenvalue weighted by Gasteiger charge is 2.29. The Kier molecular flexibility index (Phi) is 6.07. The van der Waals surface area contributed by atoms with E-state index in [0.29, 0.717) is 6.07 Å². The molecule has 0 aliphatic carbocycles. The first-order valence-electron chi connectivity index (χ1n) is 7.20. The van der Waals surface area contributed by atoms with E-state index in [1.54, 1.807) is 0 Å². The predicted octanol–water partition coefficient (Wildman–Crippen LogP) is 1.32. The van der Waals surface area contributed by atoms with Gasteiger partial charge in [-0.3, -0.25) is 19.3 Å². The average Bonchev–Trinajstić information content (AvgIpc) is 2.85. The van der Waals surface area contributed by atoms with Crippen LogP contribution in [-0.2, 0) is 14.3 Å². The molecule has 1 fully saturated rings. The van der Waals surface area contributed by atoms with Crippen molar-refractivity contribution < 1.29 is 32.7 Å². The lowest BCUT2D eigenvalue weighted by molar-refractivity contribution is -0.130. The Bertz CT molecular complexity index is 692. The van der Waals surface area contributed by atoms with E-state index >= 15 is 0 Å². The number of amides is 3. The molecule has 1 aliphatic rings. The van der Waals surface area contributed by atoms with E-state index in [4.69, 9.17) is 4.74 Å². The van der Waals surface area contributed by atoms with Gasteiger partial charge in [-0.2, -0.15) is 0 Å². The fourth-order valence-electron chi connectivity index (χ4n) is 1.99. The first kappa shape index (κ1) is 18.8. The van der Waals surface area contributed by atoms with Crippen molar-refractivity contribution in [2.75, 3.05) is 18.8 Å². The van der Waals surface area contributed by atoms with Crippen LogP contribution < -0.4 is 5.32 Å². The van der Waals surface area contributed by atoms with Gasteiger partial charge in [-0.15, -0.1) is 0 Å². The van der Waals surface area contributed by atoms with Crippen LogP contribution in [-0.4, -0.2) is 52.9 Å². The van der Waals surface area contributed by atoms with Crippen molar-refractivity contribution in [2.45, 2.75) is 13.0 Å². The molecular weight excluding hydrogens is 358 g/mol. The average molecular weight is 372 g/mol. The summed E-state index contributed by atoms with van der Waals surface area (Å²) in [6.45, 7) is 1.28. The van der Waals surface area contributed by atoms with Gasteiger partial charge in [0.2, 0.25) is 5.91 Å². The van der Waals surface area contributed by atoms with Crippen molar-refractivity contribution >= 4 is 34.8 Å². The van der Waals surface area contributed by atoms with Crippen molar-refractivity contribution in [3.05, 3.63) is 35.4 Å². The second-order valence-electron chi connectivity index (χ2n) is 5.10. The van der Waals surface area contributed by atoms with E-state index in [1.807, 2.05) is 0 Å². The molecule has 25 heavy (non-hydrogen) atoms. The SMILES string of the molecule is C[C@H](OC(=O)c1cc(F)cc(F)c1)C(=O)NCCN1C(=O)CSC1=O. The fraction of sp³-hybridized carbons (Fsp3) is 0.333. The van der Waals surface area contributed by atoms with Crippen molar-refractivity contribution in [3.63, 3.8) is 0 Å². The number of rotatable bonds is 6. The number of nitrogens with one attached hydrogen (secondary N) is 1. The number of thioether (sulfide) groups is 1. The van der Waals surface area contributed by atoms with Crippen molar-refractivity contribution in [2.24, 2.45) is 0 Å². The normalized spacial score (nSPS) is 15.2. The molecule has 0 bridgehead atoms. The third kappa shape index (κ3) is 4.99. The lowest BCUT2D eigenvalue weighted by Crippen LogP contribution is -2.41. The molecule has 7 nitrogen and oxygen atoms in total. The van der Waals surface area contributed by atoms with Gasteiger partial charge in [0.05, 0.1) is 11.3 Å². The maximum absolute atomic E-state index is 13.1. The van der Waals surface area contributed by atoms with Gasteiger partial charge in [-0.25, -0.2) is 13.6 Å². The summed E-state index contributed by atoms with van der Waals surface area (Å²) in [6.07, 6.45) is -1.22. The Morgan fingerprint density at radius 3 is 2.48 bits per heavy atom. The lowest BCUT2D eigenvalue weighted by atomic mass is 10.2. The standard InChI is InChI=1S/C15H14F2N2O5S/c1-8(24-14(22)9-4-10(16)6-11(17)5-9)13(21)18-2-3-19-12(20)7-25-15(19)23/h4-6,8H,2-3,7H2,1H3,(H,18,21)/t8-/m0/s1. The van der Waals surface area contributed by atoms with Gasteiger partial charge in [0, 0.05) is 19.2 Å². The second-order valence-corrected chi connectivity index (χ2v) is 6.02. The first-order chi connectivity index (χ1) is 11.8. The summed E-state index contributed by atoms with van der Waals surface area (Å²) in [5.41, 5.74) is -0.359. The van der Waals surface area contributed by atoms with Gasteiger partial charge in [-0.05, 0) is 19.1 Å². The zero-order valence-corrected chi connectivity index (χ0v) is 13.9. The summed E-state index contributed by atoms with van der Waals surface area (Å²) in [4.78, 5) is 47.4. The molecule has 0 radical (unpaired) electrons. The number of imide groups is 1. The van der Waals surface area contributed by atoms with Crippen LogP contribution in [0.2, 0.25) is 0 Å². The molecule has 3 amide bonds. The Balaban J connectivity index is 1.82. The number of ether oxygens (including phenoxy) is 1. The monoisotopic (exact) mass is 372 g/mol. The van der Waals surface area contributed by atoms with Crippen LogP contribution in [0, 0.1) is 11.6 Å². The van der Waals surface area contributed by atoms with E-state index in [2.05, 4.69) is 5.32 Å². The number of esters is 1. The molecule has 1 atom stereocenters. The molecular formula is C15H14F2N2O5S. The van der Waals surface area contributed by atoms with Gasteiger partial charge in [0.25, 0.3) is 11.1 Å². The minimum Gasteiger partial charge on any atom is -0.449 e. The number of halogens is 2. The summed E-state index contributed by atoms with van der Waals surface area (Å²) >= 11 is 0.881. The van der Waals surface area contributed by atoms with Crippen molar-refractivity contribution in [3.8, 4) is 0 Å². The van der Waals surface area contributed by atoms with Gasteiger partial charge < -0.3 is 10.1 Å². The largest absolute Gasteiger partial charge is 0.449 e. The lowest BCUT2D eigenvalue weighted by Gasteiger charge is -2.16. The molecule has 0 aromatic heterocycles. The van der Waals surface area contributed by atoms with E-state index in [-0.39, 0.29) is 35.6 Å². The maximum Gasteiger partial charge on any atom is 0.339 e. The van der Waals surface area contributed by atoms with Gasteiger partial charge >= 0.3 is 5.97 Å². The van der Waals surface area contributed by atoms with E-state index in [0.717, 1.165) is 28.8 Å². The van der Waals surface area contributed by atoms with E-state index in [1.165, 1.54) is 6.92 Å². The maximum atomic E-state index is 13.1. The number of hydrogen-bond donors (Lipinski definition) is 1. The molecule has 0 spiro atoms. The Morgan fingerprint density at radius 1 is 1.28 bits per heavy atom. The molecule has 134 valence electrons. The first-order valence-corrected chi connectivity index (χ1v) is 8.18. The number of nitrogens with zero attached hydrogens (tertiary/aromatic N) is 1. The third-order valence-electron chi connectivity index (χ3n) is 3.23. The van der Waals surface area contributed by atoms with Crippen LogP contribution in [0.15, 0.2) is 18.2 Å². The van der Waals surface area contributed by atoms with Crippen LogP contribution in [0.25, 0.3) is 0 Å². The molecule has 1 aromatic carbocycles. The molecule has 0 saturated carbocycles. The van der Waals surface area contributed by atoms with Crippen molar-refractivity contribution in [1.82, 2.24) is 10.2 Å². The third-order valence-corrected chi connectivity index (χ3v) is 4.09. The van der Waals surface area contributed by atoms with Crippen LogP contribution in [0.1, 0.15) is 17.3 Å². The predicted molar refractivity (Wildman–Crippen MR) is 83.8 cm³/mol. The summed E-state index contributed by atoms with van der Waals surface area (Å²) in [7, 11) is 0. The van der Waals surface area contributed by atoms with E-state index in [9.17, 15) is 28.0 Å². The minimum absolute atomic E-state index is 0.00613. The molecule has 1 saturated heterocycles. The van der Waals surface area contributed by atoms with Crippen LogP contribution in [0.5, 0.6) is 0 Å². The van der Waals surface area contributed by atoms with Gasteiger partial charge in [-0.1, -0.05) is 11.8 Å². The van der Waals surface area contributed by atoms with Crippen LogP contribution in [0.4, 0.5) is 13.6 Å². The quantitative estimate of drug-likeness (QED) is 0.757. The van der Waals surface area contributed by atoms with Crippen LogP contribution in [0.3, 0.4) is 0 Å². The molecule has 1 N–H and O–H groups in total. The Hall–Kier alpha value is -2.49. The second kappa shape index (κ2) is 8.06. The molecule has 1 heterocycles. The fourth-order valence-corrected chi connectivity index (χ4v) is 2.74. The van der Waals surface area contributed by atoms with Crippen molar-refractivity contribution in [1.29, 1.82) is 0 Å². The summed E-state index contributed by atoms with van der Waals surface area (Å²) in [6, 6.07) is 2.18. The van der Waals surface area contributed by atoms with E-state index < -0.39 is 29.6 Å². The zero-order valence-electron chi connectivity index (χ0n) is 13.1. The van der Waals surface area contributed by atoms with Crippen LogP contribution >= 0.6 is 11.8 Å². The Labute approximate surface area is 145 Å². The van der Waals surface area contributed by atoms with Gasteiger partial charge in [0.15, 0.2) is 6.10 Å². The summed E-state index contributed by atoms with van der Waals surface area (Å²) in [5.74, 6) is -3.87. The number of hydrogen-bond acceptors (Lipinski definition) is 6. The summed E-state index contributed by atoms with van der Waals surface area (Å²) in [5, 5.41) is 2.03. The molecule has 2 rings (SSSR count). The molecule has 1 aliphatic heterocycles. The molecule has 0 unspecified atom stereocenters.